The Hall–Kier alpha value is -2.57. The van der Waals surface area contributed by atoms with Gasteiger partial charge in [0.05, 0.1) is 12.5 Å². The van der Waals surface area contributed by atoms with Gasteiger partial charge in [0.25, 0.3) is 0 Å². The van der Waals surface area contributed by atoms with Crippen molar-refractivity contribution in [2.45, 2.75) is 38.5 Å². The molecule has 0 aromatic heterocycles. The first kappa shape index (κ1) is 17.8. The van der Waals surface area contributed by atoms with Gasteiger partial charge in [-0.3, -0.25) is 14.9 Å². The fourth-order valence-corrected chi connectivity index (χ4v) is 3.01. The number of rotatable bonds is 5. The molecule has 0 atom stereocenters. The van der Waals surface area contributed by atoms with E-state index in [0.717, 1.165) is 19.3 Å². The summed E-state index contributed by atoms with van der Waals surface area (Å²) in [6.07, 6.45) is 3.18. The van der Waals surface area contributed by atoms with E-state index in [-0.39, 0.29) is 12.3 Å². The van der Waals surface area contributed by atoms with Gasteiger partial charge in [0.2, 0.25) is 5.91 Å². The van der Waals surface area contributed by atoms with Gasteiger partial charge in [-0.05, 0) is 37.1 Å². The quantitative estimate of drug-likeness (QED) is 0.767. The van der Waals surface area contributed by atoms with Crippen molar-refractivity contribution in [1.29, 1.82) is 0 Å². The largest absolute Gasteiger partial charge is 0.481 e. The second-order valence-corrected chi connectivity index (χ2v) is 6.07. The predicted octanol–water partition coefficient (Wildman–Crippen LogP) is 3.23. The summed E-state index contributed by atoms with van der Waals surface area (Å²) >= 11 is 0. The molecule has 0 spiro atoms. The molecular weight excluding hydrogens is 312 g/mol. The second kappa shape index (κ2) is 7.81. The summed E-state index contributed by atoms with van der Waals surface area (Å²) in [6.45, 7) is 0. The van der Waals surface area contributed by atoms with Gasteiger partial charge in [0, 0.05) is 17.8 Å². The molecule has 3 N–H and O–H groups in total. The fraction of sp³-hybridized carbons (Fsp3) is 0.471. The van der Waals surface area contributed by atoms with Crippen LogP contribution >= 0.6 is 0 Å². The Morgan fingerprint density at radius 3 is 2.08 bits per heavy atom. The van der Waals surface area contributed by atoms with Gasteiger partial charge in [-0.25, -0.2) is 4.79 Å². The molecule has 1 aliphatic carbocycles. The first-order chi connectivity index (χ1) is 11.4. The number of nitrogens with one attached hydrogen (secondary N) is 2. The summed E-state index contributed by atoms with van der Waals surface area (Å²) in [4.78, 5) is 34.9. The van der Waals surface area contributed by atoms with Crippen LogP contribution in [0.4, 0.5) is 16.2 Å². The smallest absolute Gasteiger partial charge is 0.411 e. The number of aliphatic carboxylic acids is 1. The molecule has 1 fully saturated rings. The summed E-state index contributed by atoms with van der Waals surface area (Å²) in [7, 11) is 1.27. The van der Waals surface area contributed by atoms with Gasteiger partial charge >= 0.3 is 12.1 Å². The number of hydrogen-bond acceptors (Lipinski definition) is 4. The van der Waals surface area contributed by atoms with Gasteiger partial charge in [-0.2, -0.15) is 0 Å². The lowest BCUT2D eigenvalue weighted by molar-refractivity contribution is -0.153. The third-order valence-electron chi connectivity index (χ3n) is 4.36. The van der Waals surface area contributed by atoms with Gasteiger partial charge in [-0.15, -0.1) is 0 Å². The maximum Gasteiger partial charge on any atom is 0.411 e. The van der Waals surface area contributed by atoms with E-state index >= 15 is 0 Å². The summed E-state index contributed by atoms with van der Waals surface area (Å²) in [5.74, 6) is -1.21. The van der Waals surface area contributed by atoms with Crippen molar-refractivity contribution in [3.05, 3.63) is 24.3 Å². The highest BCUT2D eigenvalue weighted by atomic mass is 16.5. The van der Waals surface area contributed by atoms with Crippen LogP contribution in [0, 0.1) is 5.41 Å². The van der Waals surface area contributed by atoms with Crippen molar-refractivity contribution in [3.63, 3.8) is 0 Å². The lowest BCUT2D eigenvalue weighted by atomic mass is 9.71. The molecule has 1 aromatic carbocycles. The van der Waals surface area contributed by atoms with Crippen LogP contribution < -0.4 is 10.6 Å². The zero-order valence-electron chi connectivity index (χ0n) is 13.6. The number of methoxy groups -OCH3 is 1. The minimum atomic E-state index is -0.950. The topological polar surface area (TPSA) is 105 Å². The van der Waals surface area contributed by atoms with Gasteiger partial charge in [0.15, 0.2) is 0 Å². The molecule has 1 aliphatic rings. The number of benzene rings is 1. The molecule has 2 amide bonds. The van der Waals surface area contributed by atoms with Crippen LogP contribution in [0.3, 0.4) is 0 Å². The number of carboxylic acid groups (broad SMARTS) is 1. The minimum absolute atomic E-state index is 0.0233. The Morgan fingerprint density at radius 1 is 1.04 bits per heavy atom. The summed E-state index contributed by atoms with van der Waals surface area (Å²) in [6, 6.07) is 6.52. The number of carbonyl (C=O) groups is 3. The standard InChI is InChI=1S/C17H22N2O5/c1-24-16(23)19-13-7-5-12(6-8-13)18-14(20)11-17(15(21)22)9-3-2-4-10-17/h5-8H,2-4,9-11H2,1H3,(H,18,20)(H,19,23)(H,21,22). The van der Waals surface area contributed by atoms with Crippen LogP contribution in [0.1, 0.15) is 38.5 Å². The maximum absolute atomic E-state index is 12.2. The lowest BCUT2D eigenvalue weighted by Crippen LogP contribution is -2.37. The molecule has 7 heteroatoms. The van der Waals surface area contributed by atoms with E-state index in [1.165, 1.54) is 7.11 Å². The van der Waals surface area contributed by atoms with Crippen LogP contribution in [-0.4, -0.2) is 30.2 Å². The Labute approximate surface area is 140 Å². The first-order valence-corrected chi connectivity index (χ1v) is 7.93. The van der Waals surface area contributed by atoms with Crippen molar-refractivity contribution in [1.82, 2.24) is 0 Å². The SMILES string of the molecule is COC(=O)Nc1ccc(NC(=O)CC2(C(=O)O)CCCCC2)cc1. The van der Waals surface area contributed by atoms with Crippen molar-refractivity contribution in [2.75, 3.05) is 17.7 Å². The molecule has 7 nitrogen and oxygen atoms in total. The molecule has 24 heavy (non-hydrogen) atoms. The van der Waals surface area contributed by atoms with Gasteiger partial charge in [0.1, 0.15) is 0 Å². The van der Waals surface area contributed by atoms with Crippen LogP contribution in [0.15, 0.2) is 24.3 Å². The van der Waals surface area contributed by atoms with Gasteiger partial charge < -0.3 is 15.2 Å². The number of anilines is 2. The summed E-state index contributed by atoms with van der Waals surface area (Å²) in [5, 5.41) is 14.7. The van der Waals surface area contributed by atoms with E-state index in [0.29, 0.717) is 24.2 Å². The average Bonchev–Trinajstić information content (AvgIpc) is 2.57. The average molecular weight is 334 g/mol. The molecular formula is C17H22N2O5. The molecule has 0 heterocycles. The zero-order chi connectivity index (χ0) is 17.6. The first-order valence-electron chi connectivity index (χ1n) is 7.93. The molecule has 0 aliphatic heterocycles. The van der Waals surface area contributed by atoms with E-state index in [1.807, 2.05) is 0 Å². The molecule has 2 rings (SSSR count). The highest BCUT2D eigenvalue weighted by Crippen LogP contribution is 2.39. The summed E-state index contributed by atoms with van der Waals surface area (Å²) in [5.41, 5.74) is 0.134. The molecule has 1 aromatic rings. The lowest BCUT2D eigenvalue weighted by Gasteiger charge is -2.32. The number of ether oxygens (including phenoxy) is 1. The van der Waals surface area contributed by atoms with Gasteiger partial charge in [-0.1, -0.05) is 19.3 Å². The maximum atomic E-state index is 12.2. The van der Waals surface area contributed by atoms with Crippen molar-refractivity contribution >= 4 is 29.3 Å². The normalized spacial score (nSPS) is 16.0. The molecule has 0 radical (unpaired) electrons. The zero-order valence-corrected chi connectivity index (χ0v) is 13.6. The van der Waals surface area contributed by atoms with Crippen LogP contribution in [-0.2, 0) is 14.3 Å². The Balaban J connectivity index is 1.96. The van der Waals surface area contributed by atoms with Crippen molar-refractivity contribution in [2.24, 2.45) is 5.41 Å². The Morgan fingerprint density at radius 2 is 1.58 bits per heavy atom. The second-order valence-electron chi connectivity index (χ2n) is 6.07. The van der Waals surface area contributed by atoms with Crippen LogP contribution in [0.5, 0.6) is 0 Å². The third kappa shape index (κ3) is 4.47. The fourth-order valence-electron chi connectivity index (χ4n) is 3.01. The summed E-state index contributed by atoms with van der Waals surface area (Å²) < 4.78 is 4.49. The molecule has 0 bridgehead atoms. The van der Waals surface area contributed by atoms with E-state index in [1.54, 1.807) is 24.3 Å². The van der Waals surface area contributed by atoms with E-state index in [4.69, 9.17) is 0 Å². The highest BCUT2D eigenvalue weighted by molar-refractivity contribution is 5.94. The third-order valence-corrected chi connectivity index (χ3v) is 4.36. The van der Waals surface area contributed by atoms with Crippen molar-refractivity contribution < 1.29 is 24.2 Å². The Bertz CT molecular complexity index is 606. The molecule has 130 valence electrons. The molecule has 0 unspecified atom stereocenters. The van der Waals surface area contributed by atoms with Crippen molar-refractivity contribution in [3.8, 4) is 0 Å². The number of carbonyl (C=O) groups excluding carboxylic acids is 2. The predicted molar refractivity (Wildman–Crippen MR) is 88.9 cm³/mol. The minimum Gasteiger partial charge on any atom is -0.481 e. The van der Waals surface area contributed by atoms with E-state index < -0.39 is 17.5 Å². The number of amides is 2. The van der Waals surface area contributed by atoms with Crippen LogP contribution in [0.25, 0.3) is 0 Å². The van der Waals surface area contributed by atoms with E-state index in [2.05, 4.69) is 15.4 Å². The number of carboxylic acids is 1. The molecule has 1 saturated carbocycles. The monoisotopic (exact) mass is 334 g/mol. The highest BCUT2D eigenvalue weighted by Gasteiger charge is 2.41. The Kier molecular flexibility index (Phi) is 5.78. The molecule has 0 saturated heterocycles. The van der Waals surface area contributed by atoms with E-state index in [9.17, 15) is 19.5 Å². The number of hydrogen-bond donors (Lipinski definition) is 3. The van der Waals surface area contributed by atoms with Crippen LogP contribution in [0.2, 0.25) is 0 Å².